The molecule has 2 aromatic carbocycles. The molecule has 1 atom stereocenters. The van der Waals surface area contributed by atoms with Crippen LogP contribution in [0.25, 0.3) is 0 Å². The first-order chi connectivity index (χ1) is 12.0. The van der Waals surface area contributed by atoms with E-state index in [9.17, 15) is 14.7 Å². The molecular weight excluding hydrogens is 469 g/mol. The summed E-state index contributed by atoms with van der Waals surface area (Å²) < 4.78 is 5.16. The molecule has 0 spiro atoms. The SMILES string of the molecule is CC(C(=O)O)(C(=O)Oc1c(Cl)cc(Cl)cc1Cl)c1c(Cl)cc(Cl)cc1Cl. The van der Waals surface area contributed by atoms with Crippen LogP contribution in [0.15, 0.2) is 24.3 Å². The molecule has 0 aliphatic heterocycles. The summed E-state index contributed by atoms with van der Waals surface area (Å²) in [4.78, 5) is 24.7. The molecule has 2 rings (SSSR count). The number of carboxylic acids is 1. The summed E-state index contributed by atoms with van der Waals surface area (Å²) >= 11 is 35.8. The maximum absolute atomic E-state index is 12.8. The second-order valence-corrected chi connectivity index (χ2v) is 7.76. The molecule has 26 heavy (non-hydrogen) atoms. The molecule has 4 nitrogen and oxygen atoms in total. The van der Waals surface area contributed by atoms with Gasteiger partial charge in [0.25, 0.3) is 0 Å². The Morgan fingerprint density at radius 3 is 1.62 bits per heavy atom. The molecule has 1 unspecified atom stereocenters. The minimum absolute atomic E-state index is 0.0723. The Balaban J connectivity index is 2.58. The van der Waals surface area contributed by atoms with Crippen molar-refractivity contribution in [2.45, 2.75) is 12.3 Å². The lowest BCUT2D eigenvalue weighted by molar-refractivity contribution is -0.155. The number of halogens is 6. The average Bonchev–Trinajstić information content (AvgIpc) is 2.48. The second kappa shape index (κ2) is 8.01. The average molecular weight is 477 g/mol. The monoisotopic (exact) mass is 474 g/mol. The van der Waals surface area contributed by atoms with Gasteiger partial charge in [-0.25, -0.2) is 0 Å². The summed E-state index contributed by atoms with van der Waals surface area (Å²) in [7, 11) is 0. The second-order valence-electron chi connectivity index (χ2n) is 5.26. The third-order valence-corrected chi connectivity index (χ3v) is 5.09. The van der Waals surface area contributed by atoms with Crippen LogP contribution in [-0.2, 0) is 15.0 Å². The molecule has 0 fully saturated rings. The Labute approximate surface area is 178 Å². The first-order valence-corrected chi connectivity index (χ1v) is 9.00. The number of hydrogen-bond acceptors (Lipinski definition) is 3. The van der Waals surface area contributed by atoms with Gasteiger partial charge in [-0.2, -0.15) is 0 Å². The van der Waals surface area contributed by atoms with Crippen LogP contribution >= 0.6 is 69.6 Å². The van der Waals surface area contributed by atoms with E-state index in [0.29, 0.717) is 0 Å². The first-order valence-electron chi connectivity index (χ1n) is 6.73. The highest BCUT2D eigenvalue weighted by Gasteiger charge is 2.48. The van der Waals surface area contributed by atoms with E-state index in [-0.39, 0.29) is 41.4 Å². The molecule has 0 saturated heterocycles. The van der Waals surface area contributed by atoms with Crippen molar-refractivity contribution in [3.63, 3.8) is 0 Å². The molecule has 10 heteroatoms. The summed E-state index contributed by atoms with van der Waals surface area (Å²) in [6.07, 6.45) is 0. The molecule has 2 aromatic rings. The lowest BCUT2D eigenvalue weighted by atomic mass is 9.82. The van der Waals surface area contributed by atoms with Crippen LogP contribution in [0.5, 0.6) is 5.75 Å². The van der Waals surface area contributed by atoms with Crippen molar-refractivity contribution in [2.24, 2.45) is 0 Å². The van der Waals surface area contributed by atoms with Gasteiger partial charge < -0.3 is 9.84 Å². The summed E-state index contributed by atoms with van der Waals surface area (Å²) in [6.45, 7) is 1.09. The van der Waals surface area contributed by atoms with E-state index in [2.05, 4.69) is 0 Å². The molecule has 0 aliphatic rings. The quantitative estimate of drug-likeness (QED) is 0.308. The van der Waals surface area contributed by atoms with E-state index < -0.39 is 17.4 Å². The Hall–Kier alpha value is -0.880. The molecule has 138 valence electrons. The maximum atomic E-state index is 12.8. The predicted molar refractivity (Wildman–Crippen MR) is 104 cm³/mol. The summed E-state index contributed by atoms with van der Waals surface area (Å²) in [5.74, 6) is -2.99. The standard InChI is InChI=1S/C16H8Cl6O4/c1-16(14(23)24,12-8(19)2-6(17)3-9(12)20)15(25)26-13-10(21)4-7(18)5-11(13)22/h2-5H,1H3,(H,23,24). The van der Waals surface area contributed by atoms with Crippen LogP contribution in [0.1, 0.15) is 12.5 Å². The van der Waals surface area contributed by atoms with Crippen LogP contribution in [0, 0.1) is 0 Å². The third kappa shape index (κ3) is 4.01. The van der Waals surface area contributed by atoms with E-state index >= 15 is 0 Å². The number of aliphatic carboxylic acids is 1. The fourth-order valence-corrected chi connectivity index (χ4v) is 4.23. The molecule has 0 aromatic heterocycles. The van der Waals surface area contributed by atoms with Gasteiger partial charge in [0.05, 0.1) is 10.0 Å². The Kier molecular flexibility index (Phi) is 6.60. The van der Waals surface area contributed by atoms with Gasteiger partial charge in [-0.1, -0.05) is 69.6 Å². The fourth-order valence-electron chi connectivity index (χ4n) is 2.14. The number of ether oxygens (including phenoxy) is 1. The van der Waals surface area contributed by atoms with Gasteiger partial charge in [0, 0.05) is 25.7 Å². The minimum atomic E-state index is -2.26. The van der Waals surface area contributed by atoms with Gasteiger partial charge in [-0.3, -0.25) is 9.59 Å². The van der Waals surface area contributed by atoms with Crippen molar-refractivity contribution >= 4 is 81.5 Å². The number of carboxylic acid groups (broad SMARTS) is 1. The predicted octanol–water partition coefficient (Wildman–Crippen LogP) is 6.55. The summed E-state index contributed by atoms with van der Waals surface area (Å²) in [6, 6.07) is 5.11. The van der Waals surface area contributed by atoms with Crippen LogP contribution < -0.4 is 4.74 Å². The van der Waals surface area contributed by atoms with E-state index in [1.165, 1.54) is 24.3 Å². The fraction of sp³-hybridized carbons (Fsp3) is 0.125. The number of hydrogen-bond donors (Lipinski definition) is 1. The highest BCUT2D eigenvalue weighted by atomic mass is 35.5. The molecular formula is C16H8Cl6O4. The van der Waals surface area contributed by atoms with Crippen LogP contribution in [-0.4, -0.2) is 17.0 Å². The van der Waals surface area contributed by atoms with Crippen LogP contribution in [0.3, 0.4) is 0 Å². The number of rotatable bonds is 4. The summed E-state index contributed by atoms with van der Waals surface area (Å²) in [5.41, 5.74) is -2.44. The van der Waals surface area contributed by atoms with Gasteiger partial charge in [0.1, 0.15) is 0 Å². The number of carbonyl (C=O) groups is 2. The normalized spacial score (nSPS) is 13.2. The van der Waals surface area contributed by atoms with Gasteiger partial charge in [-0.15, -0.1) is 0 Å². The number of benzene rings is 2. The highest BCUT2D eigenvalue weighted by Crippen LogP contribution is 2.41. The zero-order valence-corrected chi connectivity index (χ0v) is 17.3. The van der Waals surface area contributed by atoms with Crippen molar-refractivity contribution in [3.8, 4) is 5.75 Å². The van der Waals surface area contributed by atoms with Crippen molar-refractivity contribution in [1.29, 1.82) is 0 Å². The molecule has 0 saturated carbocycles. The number of esters is 1. The third-order valence-electron chi connectivity index (χ3n) is 3.50. The summed E-state index contributed by atoms with van der Waals surface area (Å²) in [5, 5.41) is 9.71. The van der Waals surface area contributed by atoms with Crippen LogP contribution in [0.4, 0.5) is 0 Å². The molecule has 0 amide bonds. The Morgan fingerprint density at radius 1 is 0.846 bits per heavy atom. The van der Waals surface area contributed by atoms with E-state index in [4.69, 9.17) is 74.3 Å². The molecule has 1 N–H and O–H groups in total. The van der Waals surface area contributed by atoms with E-state index in [1.54, 1.807) is 0 Å². The molecule has 0 heterocycles. The van der Waals surface area contributed by atoms with E-state index in [0.717, 1.165) is 6.92 Å². The van der Waals surface area contributed by atoms with Gasteiger partial charge >= 0.3 is 11.9 Å². The van der Waals surface area contributed by atoms with Crippen LogP contribution in [0.2, 0.25) is 30.1 Å². The van der Waals surface area contributed by atoms with Crippen molar-refractivity contribution in [3.05, 3.63) is 60.0 Å². The van der Waals surface area contributed by atoms with E-state index in [1.807, 2.05) is 0 Å². The molecule has 0 radical (unpaired) electrons. The van der Waals surface area contributed by atoms with Crippen molar-refractivity contribution in [2.75, 3.05) is 0 Å². The van der Waals surface area contributed by atoms with Gasteiger partial charge in [0.2, 0.25) is 0 Å². The topological polar surface area (TPSA) is 63.6 Å². The van der Waals surface area contributed by atoms with Crippen molar-refractivity contribution in [1.82, 2.24) is 0 Å². The maximum Gasteiger partial charge on any atom is 0.333 e. The zero-order chi connectivity index (χ0) is 19.8. The minimum Gasteiger partial charge on any atom is -0.480 e. The molecule has 0 aliphatic carbocycles. The number of carbonyl (C=O) groups excluding carboxylic acids is 1. The van der Waals surface area contributed by atoms with Crippen molar-refractivity contribution < 1.29 is 19.4 Å². The largest absolute Gasteiger partial charge is 0.480 e. The highest BCUT2D eigenvalue weighted by molar-refractivity contribution is 6.41. The lowest BCUT2D eigenvalue weighted by Gasteiger charge is -2.25. The lowest BCUT2D eigenvalue weighted by Crippen LogP contribution is -2.44. The smallest absolute Gasteiger partial charge is 0.333 e. The first kappa shape index (κ1) is 21.4. The Bertz CT molecular complexity index is 868. The van der Waals surface area contributed by atoms with Gasteiger partial charge in [0.15, 0.2) is 11.2 Å². The zero-order valence-electron chi connectivity index (χ0n) is 12.7. The van der Waals surface area contributed by atoms with Gasteiger partial charge in [-0.05, 0) is 31.2 Å². The molecule has 0 bridgehead atoms. The Morgan fingerprint density at radius 2 is 1.23 bits per heavy atom.